The third kappa shape index (κ3) is 9.88. The summed E-state index contributed by atoms with van der Waals surface area (Å²) in [5, 5.41) is 9.29. The van der Waals surface area contributed by atoms with Crippen LogP contribution in [0.5, 0.6) is 0 Å². The van der Waals surface area contributed by atoms with Crippen LogP contribution in [0.3, 0.4) is 0 Å². The van der Waals surface area contributed by atoms with Crippen LogP contribution in [-0.2, 0) is 0 Å². The minimum atomic E-state index is 0.792. The highest BCUT2D eigenvalue weighted by Crippen LogP contribution is 2.54. The molecule has 0 bridgehead atoms. The minimum Gasteiger partial charge on any atom is -0.135 e. The number of hydrogen-bond acceptors (Lipinski definition) is 8. The standard InChI is InChI=1S/C80H40S8/c1-9-25-65-49(17-1)41-57(81-65)33-37-61-62(38-34-58-42-50-18-2-10-26-66(50)82-58)78(74-46-54-22-6-14-30-70(54)86-74)64(40-36-60-44-52-20-4-12-28-68(52)84-60)80(76-48-56-24-8-16-32-72(56)88-76)79(75-47-55-23-7-15-31-71(55)87-75)63(39-35-59-43-51-19-3-11-27-67(51)83-59)77(61)73-45-53-21-5-13-29-69(53)85-73/h1-32,41-48H/b62-61-,77-61?,77-63+,78-62?,78-64+,79-63?,80-64?,80-79-. The molecule has 16 aromatic rings. The Hall–Kier alpha value is -9.36. The summed E-state index contributed by atoms with van der Waals surface area (Å²) in [7, 11) is 0. The number of rotatable bonds is 4. The first-order valence-electron chi connectivity index (χ1n) is 28.5. The highest BCUT2D eigenvalue weighted by atomic mass is 32.1. The fraction of sp³-hybridized carbons (Fsp3) is 0. The number of benzene rings is 8. The summed E-state index contributed by atoms with van der Waals surface area (Å²) in [6, 6.07) is 87.9. The van der Waals surface area contributed by atoms with Gasteiger partial charge in [-0.3, -0.25) is 0 Å². The fourth-order valence-corrected chi connectivity index (χ4v) is 19.7. The lowest BCUT2D eigenvalue weighted by molar-refractivity contribution is 1.57. The Kier molecular flexibility index (Phi) is 13.5. The van der Waals surface area contributed by atoms with Crippen LogP contribution in [0.15, 0.2) is 265 Å². The van der Waals surface area contributed by atoms with Crippen molar-refractivity contribution in [3.05, 3.63) is 304 Å². The largest absolute Gasteiger partial charge is 0.135 e. The monoisotopic (exact) mass is 1260 g/mol. The minimum absolute atomic E-state index is 0.792. The molecule has 0 unspecified atom stereocenters. The van der Waals surface area contributed by atoms with E-state index in [-0.39, 0.29) is 0 Å². The van der Waals surface area contributed by atoms with Crippen LogP contribution in [0.2, 0.25) is 0 Å². The van der Waals surface area contributed by atoms with E-state index in [0.717, 1.165) is 116 Å². The third-order valence-electron chi connectivity index (χ3n) is 15.6. The molecule has 0 fully saturated rings. The molecule has 0 amide bonds. The smallest absolute Gasteiger partial charge is 0.0784 e. The Balaban J connectivity index is 1.13. The van der Waals surface area contributed by atoms with Gasteiger partial charge in [-0.1, -0.05) is 193 Å². The molecule has 0 radical (unpaired) electrons. The molecule has 0 nitrogen and oxygen atoms in total. The van der Waals surface area contributed by atoms with E-state index in [0.29, 0.717) is 0 Å². The van der Waals surface area contributed by atoms with Gasteiger partial charge in [0.05, 0.1) is 30.7 Å². The molecule has 8 heterocycles. The molecule has 1 aliphatic rings. The SMILES string of the molecule is C(#Cc1cc2ccccc2s1)C1=C(C#Cc2cc3ccccc3s2)/C(c2cc3ccccc3s2)=C(C#Cc2cc3ccccc3s2)\C(c2cc3ccccc3s2)=C(c2cc3ccccc3s2)/C(C#Cc2cc3ccccc3s2)=C\1c1cc2ccccc2s1. The average molecular weight is 1260 g/mol. The molecule has 8 aromatic heterocycles. The molecule has 0 aliphatic heterocycles. The molecule has 88 heavy (non-hydrogen) atoms. The lowest BCUT2D eigenvalue weighted by Gasteiger charge is -2.24. The first-order valence-corrected chi connectivity index (χ1v) is 35.0. The third-order valence-corrected chi connectivity index (χ3v) is 24.3. The van der Waals surface area contributed by atoms with Gasteiger partial charge in [0.2, 0.25) is 0 Å². The zero-order valence-electron chi connectivity index (χ0n) is 46.4. The fourth-order valence-electron chi connectivity index (χ4n) is 11.6. The number of fused-ring (bicyclic) bond motifs is 8. The Morgan fingerprint density at radius 3 is 0.591 bits per heavy atom. The highest BCUT2D eigenvalue weighted by Gasteiger charge is 2.34. The summed E-state index contributed by atoms with van der Waals surface area (Å²) in [5.41, 5.74) is 7.19. The van der Waals surface area contributed by atoms with E-state index in [9.17, 15) is 0 Å². The maximum atomic E-state index is 4.12. The Morgan fingerprint density at radius 2 is 0.364 bits per heavy atom. The van der Waals surface area contributed by atoms with Gasteiger partial charge in [0, 0.05) is 90.5 Å². The first kappa shape index (κ1) is 52.9. The maximum Gasteiger partial charge on any atom is 0.0784 e. The molecule has 1 aliphatic carbocycles. The molecule has 0 atom stereocenters. The average Bonchev–Trinajstić information content (AvgIpc) is 2.53. The summed E-state index contributed by atoms with van der Waals surface area (Å²) in [4.78, 5) is 8.14. The van der Waals surface area contributed by atoms with E-state index in [4.69, 9.17) is 0 Å². The van der Waals surface area contributed by atoms with Gasteiger partial charge < -0.3 is 0 Å². The maximum absolute atomic E-state index is 4.12. The first-order chi connectivity index (χ1) is 43.5. The lowest BCUT2D eigenvalue weighted by atomic mass is 9.79. The van der Waals surface area contributed by atoms with Crippen molar-refractivity contribution in [2.75, 3.05) is 0 Å². The second kappa shape index (κ2) is 22.4. The summed E-state index contributed by atoms with van der Waals surface area (Å²) in [6.45, 7) is 0. The molecule has 0 saturated carbocycles. The van der Waals surface area contributed by atoms with Crippen molar-refractivity contribution < 1.29 is 0 Å². The van der Waals surface area contributed by atoms with Crippen molar-refractivity contribution in [2.45, 2.75) is 0 Å². The summed E-state index contributed by atoms with van der Waals surface area (Å²) < 4.78 is 9.47. The summed E-state index contributed by atoms with van der Waals surface area (Å²) in [5.74, 6) is 32.0. The molecule has 0 saturated heterocycles. The zero-order chi connectivity index (χ0) is 58.1. The van der Waals surface area contributed by atoms with Crippen LogP contribution in [0.25, 0.3) is 103 Å². The van der Waals surface area contributed by atoms with Gasteiger partial charge in [-0.05, 0) is 140 Å². The number of thiophene rings is 8. The van der Waals surface area contributed by atoms with E-state index >= 15 is 0 Å². The predicted octanol–water partition coefficient (Wildman–Crippen LogP) is 23.7. The van der Waals surface area contributed by atoms with E-state index in [2.05, 4.69) is 290 Å². The molecule has 0 N–H and O–H groups in total. The molecule has 0 spiro atoms. The Labute approximate surface area is 539 Å². The topological polar surface area (TPSA) is 0 Å². The zero-order valence-corrected chi connectivity index (χ0v) is 52.9. The second-order valence-corrected chi connectivity index (χ2v) is 29.9. The molecular formula is C80H40S8. The predicted molar refractivity (Wildman–Crippen MR) is 390 cm³/mol. The van der Waals surface area contributed by atoms with Crippen molar-refractivity contribution in [3.63, 3.8) is 0 Å². The Morgan fingerprint density at radius 1 is 0.170 bits per heavy atom. The van der Waals surface area contributed by atoms with Crippen LogP contribution in [0.4, 0.5) is 0 Å². The van der Waals surface area contributed by atoms with Crippen molar-refractivity contribution in [3.8, 4) is 47.4 Å². The van der Waals surface area contributed by atoms with Gasteiger partial charge in [0.1, 0.15) is 0 Å². The molecular weight excluding hydrogens is 1220 g/mol. The van der Waals surface area contributed by atoms with Gasteiger partial charge in [0.25, 0.3) is 0 Å². The van der Waals surface area contributed by atoms with Crippen LogP contribution in [-0.4, -0.2) is 0 Å². The lowest BCUT2D eigenvalue weighted by Crippen LogP contribution is -2.08. The van der Waals surface area contributed by atoms with E-state index in [1.165, 1.54) is 48.4 Å². The normalized spacial score (nSPS) is 16.2. The van der Waals surface area contributed by atoms with Crippen molar-refractivity contribution >= 4 is 194 Å². The highest BCUT2D eigenvalue weighted by molar-refractivity contribution is 7.23. The van der Waals surface area contributed by atoms with Crippen LogP contribution >= 0.6 is 90.7 Å². The number of allylic oxidation sites excluding steroid dienone is 8. The van der Waals surface area contributed by atoms with Crippen molar-refractivity contribution in [1.82, 2.24) is 0 Å². The quantitative estimate of drug-likeness (QED) is 0.154. The van der Waals surface area contributed by atoms with Gasteiger partial charge >= 0.3 is 0 Å². The summed E-state index contributed by atoms with van der Waals surface area (Å²) >= 11 is 14.1. The van der Waals surface area contributed by atoms with Crippen LogP contribution in [0, 0.1) is 47.4 Å². The van der Waals surface area contributed by atoms with Crippen LogP contribution in [0.1, 0.15) is 39.0 Å². The molecule has 8 aromatic carbocycles. The molecule has 8 heteroatoms. The van der Waals surface area contributed by atoms with Gasteiger partial charge in [-0.25, -0.2) is 0 Å². The Bertz CT molecular complexity index is 5350. The molecule has 408 valence electrons. The van der Waals surface area contributed by atoms with Crippen molar-refractivity contribution in [2.24, 2.45) is 0 Å². The second-order valence-electron chi connectivity index (χ2n) is 21.2. The van der Waals surface area contributed by atoms with Gasteiger partial charge in [-0.2, -0.15) is 0 Å². The molecule has 17 rings (SSSR count). The number of hydrogen-bond donors (Lipinski definition) is 0. The van der Waals surface area contributed by atoms with E-state index in [1.807, 2.05) is 22.7 Å². The summed E-state index contributed by atoms with van der Waals surface area (Å²) in [6.07, 6.45) is 0. The van der Waals surface area contributed by atoms with E-state index < -0.39 is 0 Å². The van der Waals surface area contributed by atoms with Gasteiger partial charge in [-0.15, -0.1) is 90.7 Å². The van der Waals surface area contributed by atoms with Gasteiger partial charge in [0.15, 0.2) is 0 Å². The van der Waals surface area contributed by atoms with E-state index in [1.54, 1.807) is 68.0 Å². The van der Waals surface area contributed by atoms with Crippen molar-refractivity contribution in [1.29, 1.82) is 0 Å². The van der Waals surface area contributed by atoms with Crippen LogP contribution < -0.4 is 0 Å².